The molecule has 0 atom stereocenters. The van der Waals surface area contributed by atoms with E-state index in [1.807, 2.05) is 0 Å². The standard InChI is InChI=1S/C2H4B4/c1-2-3-5-6-4-2/h5H,1H3. The van der Waals surface area contributed by atoms with E-state index in [0.717, 1.165) is 7.06 Å². The molecule has 0 radical (unpaired) electrons. The molecule has 0 saturated heterocycles. The van der Waals surface area contributed by atoms with Gasteiger partial charge in [-0.3, -0.25) is 0 Å². The van der Waals surface area contributed by atoms with E-state index in [0.29, 0.717) is 0 Å². The van der Waals surface area contributed by atoms with Crippen LogP contribution in [0.3, 0.4) is 0 Å². The van der Waals surface area contributed by atoms with Crippen molar-refractivity contribution >= 4 is 32.7 Å². The molecular formula is C2H4B4. The molecule has 1 rings (SSSR count). The Hall–Kier alpha value is 0.130. The zero-order valence-electron chi connectivity index (χ0n) is 3.94. The Balaban J connectivity index is 2.68. The summed E-state index contributed by atoms with van der Waals surface area (Å²) in [5, 5.41) is 1.40. The van der Waals surface area contributed by atoms with Crippen molar-refractivity contribution in [2.75, 3.05) is 0 Å². The van der Waals surface area contributed by atoms with Crippen molar-refractivity contribution in [1.29, 1.82) is 0 Å². The third-order valence-corrected chi connectivity index (χ3v) is 0.957. The summed E-state index contributed by atoms with van der Waals surface area (Å²) >= 11 is 0. The maximum atomic E-state index is 2.21. The van der Waals surface area contributed by atoms with E-state index in [1.165, 1.54) is 5.36 Å². The zero-order valence-corrected chi connectivity index (χ0v) is 3.94. The number of rotatable bonds is 0. The van der Waals surface area contributed by atoms with Gasteiger partial charge in [0, 0.05) is 0 Å². The molecule has 0 aliphatic carbocycles. The van der Waals surface area contributed by atoms with Gasteiger partial charge in [0.1, 0.15) is 0 Å². The van der Waals surface area contributed by atoms with Gasteiger partial charge in [-0.2, -0.15) is 0 Å². The molecule has 0 nitrogen and oxygen atoms in total. The second-order valence-corrected chi connectivity index (χ2v) is 1.59. The summed E-state index contributed by atoms with van der Waals surface area (Å²) in [4.78, 5) is 0. The summed E-state index contributed by atoms with van der Waals surface area (Å²) in [5.74, 6) is 0. The van der Waals surface area contributed by atoms with Gasteiger partial charge in [-0.25, -0.2) is 0 Å². The fourth-order valence-corrected chi connectivity index (χ4v) is 0.576. The molecule has 4 heteroatoms. The molecule has 0 aromatic rings. The number of hydrogen-bond donors (Lipinski definition) is 0. The third kappa shape index (κ3) is 0.796. The van der Waals surface area contributed by atoms with Crippen LogP contribution in [0, 0.1) is 0 Å². The summed E-state index contributed by atoms with van der Waals surface area (Å²) in [6.45, 7) is 8.62. The summed E-state index contributed by atoms with van der Waals surface area (Å²) < 4.78 is 0. The van der Waals surface area contributed by atoms with E-state index in [-0.39, 0.29) is 0 Å². The molecule has 0 unspecified atom stereocenters. The second-order valence-electron chi connectivity index (χ2n) is 1.59. The van der Waals surface area contributed by atoms with Crippen LogP contribution in [0.15, 0.2) is 0 Å². The Morgan fingerprint density at radius 3 is 2.67 bits per heavy atom. The van der Waals surface area contributed by atoms with Gasteiger partial charge in [-0.1, -0.05) is 0 Å². The van der Waals surface area contributed by atoms with Crippen LogP contribution in [0.5, 0.6) is 0 Å². The van der Waals surface area contributed by atoms with Crippen LogP contribution in [0.25, 0.3) is 0 Å². The van der Waals surface area contributed by atoms with Crippen LogP contribution in [-0.4, -0.2) is 32.7 Å². The van der Waals surface area contributed by atoms with Crippen molar-refractivity contribution in [3.05, 3.63) is 0 Å². The summed E-state index contributed by atoms with van der Waals surface area (Å²) in [7, 11) is 1.14. The van der Waals surface area contributed by atoms with Crippen molar-refractivity contribution < 1.29 is 0 Å². The minimum absolute atomic E-state index is 1.14. The fourth-order valence-electron chi connectivity index (χ4n) is 0.576. The van der Waals surface area contributed by atoms with Crippen molar-refractivity contribution in [2.45, 2.75) is 6.92 Å². The van der Waals surface area contributed by atoms with Gasteiger partial charge in [-0.05, 0) is 0 Å². The van der Waals surface area contributed by atoms with Crippen molar-refractivity contribution in [3.63, 3.8) is 0 Å². The molecule has 0 bridgehead atoms. The average molecular weight is 71.3 g/mol. The Bertz CT molecular complexity index is 99.4. The van der Waals surface area contributed by atoms with Gasteiger partial charge in [0.15, 0.2) is 0 Å². The summed E-state index contributed by atoms with van der Waals surface area (Å²) in [6, 6.07) is 0. The number of hydrogen-bond acceptors (Lipinski definition) is 0. The molecule has 0 spiro atoms. The van der Waals surface area contributed by atoms with Crippen LogP contribution in [0.1, 0.15) is 6.92 Å². The molecular weight excluding hydrogens is 67.3 g/mol. The molecule has 0 fully saturated rings. The average Bonchev–Trinajstić information content (AvgIpc) is 1.86. The second kappa shape index (κ2) is 1.72. The van der Waals surface area contributed by atoms with Gasteiger partial charge in [-0.15, -0.1) is 0 Å². The molecule has 24 valence electrons. The van der Waals surface area contributed by atoms with Crippen LogP contribution in [0.4, 0.5) is 0 Å². The quantitative estimate of drug-likeness (QED) is 0.303. The SMILES string of the molecule is CC1=BBB=B1. The first-order valence-electron chi connectivity index (χ1n) is 2.23. The normalized spacial score (nSPS) is 13.2. The zero-order chi connectivity index (χ0) is 4.41. The predicted molar refractivity (Wildman–Crippen MR) is 35.1 cm³/mol. The Kier molecular flexibility index (Phi) is 1.23. The van der Waals surface area contributed by atoms with Crippen LogP contribution in [-0.2, 0) is 0 Å². The van der Waals surface area contributed by atoms with Crippen molar-refractivity contribution in [3.8, 4) is 0 Å². The molecule has 1 aliphatic rings. The first-order valence-corrected chi connectivity index (χ1v) is 2.23. The molecule has 0 amide bonds. The Morgan fingerprint density at radius 1 is 1.67 bits per heavy atom. The van der Waals surface area contributed by atoms with E-state index in [4.69, 9.17) is 0 Å². The first kappa shape index (κ1) is 4.29. The van der Waals surface area contributed by atoms with E-state index >= 15 is 0 Å². The molecule has 0 aromatic heterocycles. The molecule has 0 aromatic carbocycles. The van der Waals surface area contributed by atoms with E-state index in [1.54, 1.807) is 0 Å². The molecule has 6 heavy (non-hydrogen) atoms. The van der Waals surface area contributed by atoms with E-state index < -0.39 is 0 Å². The van der Waals surface area contributed by atoms with Crippen LogP contribution in [0.2, 0.25) is 0 Å². The van der Waals surface area contributed by atoms with Gasteiger partial charge >= 0.3 is 39.7 Å². The Morgan fingerprint density at radius 2 is 2.50 bits per heavy atom. The molecule has 0 N–H and O–H groups in total. The monoisotopic (exact) mass is 72.1 g/mol. The van der Waals surface area contributed by atoms with Gasteiger partial charge in [0.2, 0.25) is 0 Å². The minimum atomic E-state index is 1.14. The molecule has 0 saturated carbocycles. The topological polar surface area (TPSA) is 0 Å². The summed E-state index contributed by atoms with van der Waals surface area (Å²) in [5.41, 5.74) is 0. The Labute approximate surface area is 40.5 Å². The fraction of sp³-hybridized carbons (Fsp3) is 0.500. The van der Waals surface area contributed by atoms with E-state index in [9.17, 15) is 0 Å². The van der Waals surface area contributed by atoms with Gasteiger partial charge < -0.3 is 0 Å². The van der Waals surface area contributed by atoms with Crippen molar-refractivity contribution in [2.24, 2.45) is 0 Å². The molecule has 1 aliphatic heterocycles. The predicted octanol–water partition coefficient (Wildman–Crippen LogP) is -1.56. The third-order valence-electron chi connectivity index (χ3n) is 0.957. The summed E-state index contributed by atoms with van der Waals surface area (Å²) in [6.07, 6.45) is 0. The van der Waals surface area contributed by atoms with E-state index in [2.05, 4.69) is 27.2 Å². The van der Waals surface area contributed by atoms with Crippen molar-refractivity contribution in [1.82, 2.24) is 0 Å². The first-order chi connectivity index (χ1) is 2.89. The van der Waals surface area contributed by atoms with Gasteiger partial charge in [0.05, 0.1) is 0 Å². The van der Waals surface area contributed by atoms with Gasteiger partial charge in [0.25, 0.3) is 0 Å². The maximum absolute atomic E-state index is 2.21. The molecule has 1 heterocycles. The van der Waals surface area contributed by atoms with Crippen LogP contribution >= 0.6 is 0 Å². The van der Waals surface area contributed by atoms with Crippen LogP contribution < -0.4 is 0 Å².